The Balaban J connectivity index is 2.02. The third-order valence-corrected chi connectivity index (χ3v) is 3.79. The molecule has 0 fully saturated rings. The van der Waals surface area contributed by atoms with Gasteiger partial charge in [-0.3, -0.25) is 0 Å². The second-order valence-corrected chi connectivity index (χ2v) is 5.44. The molecule has 1 N–H and O–H groups in total. The first-order chi connectivity index (χ1) is 10.2. The van der Waals surface area contributed by atoms with Crippen LogP contribution in [-0.4, -0.2) is 21.7 Å². The van der Waals surface area contributed by atoms with Crippen LogP contribution in [-0.2, 0) is 6.42 Å². The van der Waals surface area contributed by atoms with Crippen molar-refractivity contribution in [2.24, 2.45) is 0 Å². The highest BCUT2D eigenvalue weighted by Crippen LogP contribution is 2.21. The Hall–Kier alpha value is -1.96. The lowest BCUT2D eigenvalue weighted by Gasteiger charge is -2.09. The standard InChI is InChI=1S/C18H22N2O/c1-2-3-4-5-6-14-7-9-15(10-8-14)16-11-12-18(21)17(13-16)20-19/h7-13,18,21H,2-6H2,1H3. The number of hydrogen-bond donors (Lipinski definition) is 1. The Labute approximate surface area is 126 Å². The van der Waals surface area contributed by atoms with Crippen molar-refractivity contribution in [1.29, 1.82) is 0 Å². The monoisotopic (exact) mass is 282 g/mol. The van der Waals surface area contributed by atoms with Crippen molar-refractivity contribution in [1.82, 2.24) is 0 Å². The van der Waals surface area contributed by atoms with Gasteiger partial charge in [0.25, 0.3) is 0 Å². The summed E-state index contributed by atoms with van der Waals surface area (Å²) in [6.07, 6.45) is 10.6. The summed E-state index contributed by atoms with van der Waals surface area (Å²) < 4.78 is 0. The fourth-order valence-electron chi connectivity index (χ4n) is 2.47. The molecule has 1 aromatic carbocycles. The summed E-state index contributed by atoms with van der Waals surface area (Å²) in [6, 6.07) is 8.46. The first-order valence-electron chi connectivity index (χ1n) is 7.64. The van der Waals surface area contributed by atoms with E-state index in [1.807, 2.05) is 6.08 Å². The van der Waals surface area contributed by atoms with Crippen LogP contribution in [0.5, 0.6) is 0 Å². The molecule has 0 aromatic heterocycles. The molecule has 0 heterocycles. The number of hydrogen-bond acceptors (Lipinski definition) is 1. The molecule has 0 radical (unpaired) electrons. The van der Waals surface area contributed by atoms with E-state index in [4.69, 9.17) is 5.53 Å². The average Bonchev–Trinajstić information content (AvgIpc) is 2.53. The van der Waals surface area contributed by atoms with E-state index in [2.05, 4.69) is 36.0 Å². The van der Waals surface area contributed by atoms with E-state index in [9.17, 15) is 5.11 Å². The van der Waals surface area contributed by atoms with Gasteiger partial charge in [0.2, 0.25) is 0 Å². The molecule has 110 valence electrons. The molecule has 1 aromatic rings. The summed E-state index contributed by atoms with van der Waals surface area (Å²) in [4.78, 5) is 3.12. The molecular weight excluding hydrogens is 260 g/mol. The minimum absolute atomic E-state index is 0.274. The summed E-state index contributed by atoms with van der Waals surface area (Å²) in [6.45, 7) is 2.22. The molecule has 1 aliphatic rings. The molecule has 2 rings (SSSR count). The van der Waals surface area contributed by atoms with Crippen LogP contribution in [0.25, 0.3) is 11.1 Å². The van der Waals surface area contributed by atoms with Crippen molar-refractivity contribution in [3.8, 4) is 0 Å². The van der Waals surface area contributed by atoms with Gasteiger partial charge in [-0.15, -0.1) is 0 Å². The predicted molar refractivity (Wildman–Crippen MR) is 86.0 cm³/mol. The van der Waals surface area contributed by atoms with Crippen LogP contribution < -0.4 is 0 Å². The first kappa shape index (κ1) is 15.4. The Morgan fingerprint density at radius 2 is 1.90 bits per heavy atom. The number of aryl methyl sites for hydroxylation is 1. The first-order valence-corrected chi connectivity index (χ1v) is 7.64. The number of unbranched alkanes of at least 4 members (excludes halogenated alkanes) is 3. The van der Waals surface area contributed by atoms with E-state index in [-0.39, 0.29) is 5.71 Å². The third-order valence-electron chi connectivity index (χ3n) is 3.79. The topological polar surface area (TPSA) is 56.6 Å². The lowest BCUT2D eigenvalue weighted by molar-refractivity contribution is -0.0150. The van der Waals surface area contributed by atoms with Gasteiger partial charge in [-0.25, -0.2) is 0 Å². The van der Waals surface area contributed by atoms with E-state index >= 15 is 0 Å². The lowest BCUT2D eigenvalue weighted by Crippen LogP contribution is -2.19. The summed E-state index contributed by atoms with van der Waals surface area (Å²) in [5, 5.41) is 9.60. The second kappa shape index (κ2) is 7.72. The Bertz CT molecular complexity index is 578. The highest BCUT2D eigenvalue weighted by molar-refractivity contribution is 6.05. The summed E-state index contributed by atoms with van der Waals surface area (Å²) in [5.74, 6) is 0. The lowest BCUT2D eigenvalue weighted by atomic mass is 9.95. The SMILES string of the molecule is CCCCCCc1ccc(C2=CC(=[N+]=[N-])C(O)C=C2)cc1. The number of benzene rings is 1. The van der Waals surface area contributed by atoms with Crippen LogP contribution in [0.3, 0.4) is 0 Å². The fraction of sp³-hybridized carbons (Fsp3) is 0.389. The maximum Gasteiger partial charge on any atom is 0.324 e. The van der Waals surface area contributed by atoms with Gasteiger partial charge >= 0.3 is 5.71 Å². The zero-order valence-electron chi connectivity index (χ0n) is 12.5. The Morgan fingerprint density at radius 1 is 1.14 bits per heavy atom. The van der Waals surface area contributed by atoms with Crippen LogP contribution in [0.4, 0.5) is 0 Å². The van der Waals surface area contributed by atoms with E-state index in [0.717, 1.165) is 17.6 Å². The van der Waals surface area contributed by atoms with Crippen LogP contribution >= 0.6 is 0 Å². The van der Waals surface area contributed by atoms with E-state index < -0.39 is 6.10 Å². The van der Waals surface area contributed by atoms with Gasteiger partial charge in [-0.2, -0.15) is 4.79 Å². The van der Waals surface area contributed by atoms with Gasteiger partial charge in [-0.05, 0) is 35.6 Å². The zero-order chi connectivity index (χ0) is 15.1. The maximum atomic E-state index is 9.60. The molecule has 1 unspecified atom stereocenters. The van der Waals surface area contributed by atoms with Crippen LogP contribution in [0.1, 0.15) is 43.7 Å². The normalized spacial score (nSPS) is 17.5. The molecule has 3 nitrogen and oxygen atoms in total. The maximum absolute atomic E-state index is 9.60. The van der Waals surface area contributed by atoms with Crippen molar-refractivity contribution in [3.63, 3.8) is 0 Å². The van der Waals surface area contributed by atoms with Gasteiger partial charge in [0.15, 0.2) is 6.10 Å². The van der Waals surface area contributed by atoms with E-state index in [0.29, 0.717) is 0 Å². The molecular formula is C18H22N2O. The number of aliphatic hydroxyl groups excluding tert-OH is 1. The van der Waals surface area contributed by atoms with Crippen molar-refractivity contribution < 1.29 is 9.90 Å². The summed E-state index contributed by atoms with van der Waals surface area (Å²) >= 11 is 0. The van der Waals surface area contributed by atoms with Crippen LogP contribution in [0, 0.1) is 0 Å². The van der Waals surface area contributed by atoms with Crippen LogP contribution in [0.2, 0.25) is 0 Å². The number of allylic oxidation sites excluding steroid dienone is 2. The van der Waals surface area contributed by atoms with Gasteiger partial charge in [0.05, 0.1) is 0 Å². The highest BCUT2D eigenvalue weighted by Gasteiger charge is 2.20. The second-order valence-electron chi connectivity index (χ2n) is 5.44. The molecule has 3 heteroatoms. The quantitative estimate of drug-likeness (QED) is 0.481. The highest BCUT2D eigenvalue weighted by atomic mass is 16.3. The minimum Gasteiger partial charge on any atom is -0.377 e. The van der Waals surface area contributed by atoms with Crippen molar-refractivity contribution in [2.45, 2.75) is 45.1 Å². The van der Waals surface area contributed by atoms with Gasteiger partial charge < -0.3 is 10.6 Å². The smallest absolute Gasteiger partial charge is 0.324 e. The largest absolute Gasteiger partial charge is 0.377 e. The van der Waals surface area contributed by atoms with Gasteiger partial charge in [0.1, 0.15) is 0 Å². The molecule has 21 heavy (non-hydrogen) atoms. The van der Waals surface area contributed by atoms with Gasteiger partial charge in [-0.1, -0.05) is 56.5 Å². The van der Waals surface area contributed by atoms with Crippen molar-refractivity contribution in [3.05, 3.63) is 59.2 Å². The molecule has 0 saturated carbocycles. The molecule has 0 saturated heterocycles. The molecule has 0 amide bonds. The number of aliphatic hydroxyl groups is 1. The van der Waals surface area contributed by atoms with Crippen LogP contribution in [0.15, 0.2) is 42.5 Å². The molecule has 0 bridgehead atoms. The average molecular weight is 282 g/mol. The summed E-state index contributed by atoms with van der Waals surface area (Å²) in [5.41, 5.74) is 12.5. The van der Waals surface area contributed by atoms with E-state index in [1.54, 1.807) is 12.2 Å². The third kappa shape index (κ3) is 4.25. The molecule has 1 aliphatic carbocycles. The number of nitrogens with zero attached hydrogens (tertiary/aromatic N) is 2. The van der Waals surface area contributed by atoms with E-state index in [1.165, 1.54) is 31.2 Å². The predicted octanol–water partition coefficient (Wildman–Crippen LogP) is 3.79. The van der Waals surface area contributed by atoms with Gasteiger partial charge in [0, 0.05) is 6.08 Å². The van der Waals surface area contributed by atoms with Crippen molar-refractivity contribution >= 4 is 11.3 Å². The molecule has 0 spiro atoms. The summed E-state index contributed by atoms with van der Waals surface area (Å²) in [7, 11) is 0. The van der Waals surface area contributed by atoms with Crippen molar-refractivity contribution in [2.75, 3.05) is 0 Å². The fourth-order valence-corrected chi connectivity index (χ4v) is 2.47. The Morgan fingerprint density at radius 3 is 2.57 bits per heavy atom. The number of rotatable bonds is 6. The molecule has 0 aliphatic heterocycles. The molecule has 1 atom stereocenters. The zero-order valence-corrected chi connectivity index (χ0v) is 12.5. The minimum atomic E-state index is -0.823. The Kier molecular flexibility index (Phi) is 5.68.